The van der Waals surface area contributed by atoms with E-state index in [4.69, 9.17) is 10.5 Å². The smallest absolute Gasteiger partial charge is 0.168 e. The van der Waals surface area contributed by atoms with Crippen LogP contribution in [0.5, 0.6) is 5.75 Å². The van der Waals surface area contributed by atoms with Gasteiger partial charge in [-0.05, 0) is 30.9 Å². The van der Waals surface area contributed by atoms with Gasteiger partial charge in [0.1, 0.15) is 0 Å². The van der Waals surface area contributed by atoms with Crippen LogP contribution >= 0.6 is 0 Å². The fourth-order valence-corrected chi connectivity index (χ4v) is 2.41. The van der Waals surface area contributed by atoms with Crippen LogP contribution in [0, 0.1) is 5.92 Å². The molecule has 1 aliphatic rings. The molecule has 1 fully saturated rings. The number of ether oxygens (including phenoxy) is 1. The highest BCUT2D eigenvalue weighted by Gasteiger charge is 2.21. The molecule has 1 saturated carbocycles. The SMILES string of the molecule is COc1cccnc1NCC1CCCCC1N. The monoisotopic (exact) mass is 235 g/mol. The van der Waals surface area contributed by atoms with Gasteiger partial charge in [0.15, 0.2) is 11.6 Å². The maximum Gasteiger partial charge on any atom is 0.168 e. The van der Waals surface area contributed by atoms with E-state index in [0.717, 1.165) is 24.5 Å². The third-order valence-corrected chi connectivity index (χ3v) is 3.49. The van der Waals surface area contributed by atoms with Crippen molar-refractivity contribution in [1.82, 2.24) is 4.98 Å². The first kappa shape index (κ1) is 12.2. The van der Waals surface area contributed by atoms with Gasteiger partial charge >= 0.3 is 0 Å². The predicted octanol–water partition coefficient (Wildman–Crippen LogP) is 2.02. The Morgan fingerprint density at radius 2 is 2.29 bits per heavy atom. The molecule has 0 aliphatic heterocycles. The number of aromatic nitrogens is 1. The van der Waals surface area contributed by atoms with Crippen molar-refractivity contribution in [2.75, 3.05) is 19.0 Å². The van der Waals surface area contributed by atoms with E-state index in [2.05, 4.69) is 10.3 Å². The number of nitrogens with two attached hydrogens (primary N) is 1. The van der Waals surface area contributed by atoms with Crippen molar-refractivity contribution in [3.05, 3.63) is 18.3 Å². The summed E-state index contributed by atoms with van der Waals surface area (Å²) in [6, 6.07) is 4.11. The highest BCUT2D eigenvalue weighted by atomic mass is 16.5. The van der Waals surface area contributed by atoms with Crippen LogP contribution in [0.4, 0.5) is 5.82 Å². The van der Waals surface area contributed by atoms with Crippen LogP contribution in [0.3, 0.4) is 0 Å². The Balaban J connectivity index is 1.92. The van der Waals surface area contributed by atoms with E-state index < -0.39 is 0 Å². The van der Waals surface area contributed by atoms with Gasteiger partial charge in [0.25, 0.3) is 0 Å². The number of pyridine rings is 1. The van der Waals surface area contributed by atoms with E-state index in [0.29, 0.717) is 12.0 Å². The third kappa shape index (κ3) is 3.09. The highest BCUT2D eigenvalue weighted by Crippen LogP contribution is 2.25. The number of hydrogen-bond donors (Lipinski definition) is 2. The van der Waals surface area contributed by atoms with Gasteiger partial charge in [-0.3, -0.25) is 0 Å². The summed E-state index contributed by atoms with van der Waals surface area (Å²) in [5.74, 6) is 2.15. The van der Waals surface area contributed by atoms with E-state index in [-0.39, 0.29) is 0 Å². The lowest BCUT2D eigenvalue weighted by molar-refractivity contribution is 0.320. The van der Waals surface area contributed by atoms with E-state index in [1.54, 1.807) is 13.3 Å². The Hall–Kier alpha value is -1.29. The second-order valence-corrected chi connectivity index (χ2v) is 4.64. The summed E-state index contributed by atoms with van der Waals surface area (Å²) < 4.78 is 5.26. The molecular weight excluding hydrogens is 214 g/mol. The van der Waals surface area contributed by atoms with E-state index >= 15 is 0 Å². The largest absolute Gasteiger partial charge is 0.493 e. The average molecular weight is 235 g/mol. The van der Waals surface area contributed by atoms with Gasteiger partial charge in [0, 0.05) is 18.8 Å². The van der Waals surface area contributed by atoms with Crippen LogP contribution in [0.1, 0.15) is 25.7 Å². The minimum atomic E-state index is 0.325. The lowest BCUT2D eigenvalue weighted by atomic mass is 9.85. The molecule has 0 saturated heterocycles. The minimum absolute atomic E-state index is 0.325. The number of anilines is 1. The van der Waals surface area contributed by atoms with Crippen molar-refractivity contribution >= 4 is 5.82 Å². The summed E-state index contributed by atoms with van der Waals surface area (Å²) in [5.41, 5.74) is 6.12. The second-order valence-electron chi connectivity index (χ2n) is 4.64. The van der Waals surface area contributed by atoms with Crippen LogP contribution in [0.2, 0.25) is 0 Å². The zero-order chi connectivity index (χ0) is 12.1. The molecule has 1 aliphatic carbocycles. The van der Waals surface area contributed by atoms with Crippen LogP contribution in [-0.4, -0.2) is 24.7 Å². The Labute approximate surface area is 103 Å². The summed E-state index contributed by atoms with van der Waals surface area (Å²) in [6.07, 6.45) is 6.69. The zero-order valence-electron chi connectivity index (χ0n) is 10.4. The van der Waals surface area contributed by atoms with Crippen LogP contribution in [-0.2, 0) is 0 Å². The molecule has 4 nitrogen and oxygen atoms in total. The van der Waals surface area contributed by atoms with E-state index in [1.165, 1.54) is 19.3 Å². The summed E-state index contributed by atoms with van der Waals surface area (Å²) in [5, 5.41) is 3.35. The zero-order valence-corrected chi connectivity index (χ0v) is 10.4. The molecule has 2 unspecified atom stereocenters. The van der Waals surface area contributed by atoms with Crippen molar-refractivity contribution in [1.29, 1.82) is 0 Å². The Kier molecular flexibility index (Phi) is 4.20. The quantitative estimate of drug-likeness (QED) is 0.838. The molecule has 0 radical (unpaired) electrons. The first-order valence-electron chi connectivity index (χ1n) is 6.29. The lowest BCUT2D eigenvalue weighted by Crippen LogP contribution is -2.37. The summed E-state index contributed by atoms with van der Waals surface area (Å²) in [4.78, 5) is 4.28. The van der Waals surface area contributed by atoms with Gasteiger partial charge in [0.05, 0.1) is 7.11 Å². The Morgan fingerprint density at radius 3 is 3.06 bits per heavy atom. The van der Waals surface area contributed by atoms with E-state index in [9.17, 15) is 0 Å². The normalized spacial score (nSPS) is 24.4. The van der Waals surface area contributed by atoms with Gasteiger partial charge in [-0.15, -0.1) is 0 Å². The van der Waals surface area contributed by atoms with Crippen molar-refractivity contribution < 1.29 is 4.74 Å². The molecule has 2 rings (SSSR count). The van der Waals surface area contributed by atoms with Gasteiger partial charge in [-0.1, -0.05) is 12.8 Å². The van der Waals surface area contributed by atoms with Gasteiger partial charge < -0.3 is 15.8 Å². The maximum atomic E-state index is 6.12. The summed E-state index contributed by atoms with van der Waals surface area (Å²) in [7, 11) is 1.66. The molecule has 0 bridgehead atoms. The first-order valence-corrected chi connectivity index (χ1v) is 6.29. The van der Waals surface area contributed by atoms with Gasteiger partial charge in [-0.25, -0.2) is 4.98 Å². The van der Waals surface area contributed by atoms with Crippen molar-refractivity contribution in [3.8, 4) is 5.75 Å². The minimum Gasteiger partial charge on any atom is -0.493 e. The lowest BCUT2D eigenvalue weighted by Gasteiger charge is -2.28. The molecular formula is C13H21N3O. The number of nitrogens with zero attached hydrogens (tertiary/aromatic N) is 1. The molecule has 1 aromatic heterocycles. The van der Waals surface area contributed by atoms with Crippen LogP contribution < -0.4 is 15.8 Å². The molecule has 1 aromatic rings. The molecule has 1 heterocycles. The molecule has 4 heteroatoms. The molecule has 3 N–H and O–H groups in total. The van der Waals surface area contributed by atoms with Crippen molar-refractivity contribution in [2.45, 2.75) is 31.7 Å². The number of methoxy groups -OCH3 is 1. The van der Waals surface area contributed by atoms with Gasteiger partial charge in [0.2, 0.25) is 0 Å². The average Bonchev–Trinajstić information content (AvgIpc) is 2.38. The number of nitrogens with one attached hydrogen (secondary N) is 1. The molecule has 17 heavy (non-hydrogen) atoms. The summed E-state index contributed by atoms with van der Waals surface area (Å²) >= 11 is 0. The van der Waals surface area contributed by atoms with Crippen LogP contribution in [0.25, 0.3) is 0 Å². The molecule has 0 spiro atoms. The predicted molar refractivity (Wildman–Crippen MR) is 69.2 cm³/mol. The molecule has 94 valence electrons. The van der Waals surface area contributed by atoms with E-state index in [1.807, 2.05) is 12.1 Å². The van der Waals surface area contributed by atoms with Crippen molar-refractivity contribution in [3.63, 3.8) is 0 Å². The molecule has 2 atom stereocenters. The highest BCUT2D eigenvalue weighted by molar-refractivity contribution is 5.49. The topological polar surface area (TPSA) is 60.2 Å². The number of rotatable bonds is 4. The Morgan fingerprint density at radius 1 is 1.47 bits per heavy atom. The number of hydrogen-bond acceptors (Lipinski definition) is 4. The fraction of sp³-hybridized carbons (Fsp3) is 0.615. The van der Waals surface area contributed by atoms with Gasteiger partial charge in [-0.2, -0.15) is 0 Å². The fourth-order valence-electron chi connectivity index (χ4n) is 2.41. The van der Waals surface area contributed by atoms with Crippen molar-refractivity contribution in [2.24, 2.45) is 11.7 Å². The third-order valence-electron chi connectivity index (χ3n) is 3.49. The maximum absolute atomic E-state index is 6.12. The molecule has 0 amide bonds. The van der Waals surface area contributed by atoms with Crippen LogP contribution in [0.15, 0.2) is 18.3 Å². The Bertz CT molecular complexity index is 356. The second kappa shape index (κ2) is 5.87. The summed E-state index contributed by atoms with van der Waals surface area (Å²) in [6.45, 7) is 0.883. The standard InChI is InChI=1S/C13H21N3O/c1-17-12-7-4-8-15-13(12)16-9-10-5-2-3-6-11(10)14/h4,7-8,10-11H,2-3,5-6,9,14H2,1H3,(H,15,16). The first-order chi connectivity index (χ1) is 8.31. The molecule has 0 aromatic carbocycles.